The molecule has 0 bridgehead atoms. The number of ketones is 1. The number of hydrogen-bond acceptors (Lipinski definition) is 4. The fourth-order valence-corrected chi connectivity index (χ4v) is 3.08. The number of carbonyl (C=O) groups is 1. The van der Waals surface area contributed by atoms with Gasteiger partial charge in [-0.3, -0.25) is 9.78 Å². The number of rotatable bonds is 6. The highest BCUT2D eigenvalue weighted by molar-refractivity contribution is 5.95. The van der Waals surface area contributed by atoms with Gasteiger partial charge in [0.25, 0.3) is 0 Å². The average Bonchev–Trinajstić information content (AvgIpc) is 2.84. The molecule has 0 spiro atoms. The lowest BCUT2D eigenvalue weighted by Gasteiger charge is -2.29. The summed E-state index contributed by atoms with van der Waals surface area (Å²) in [6.45, 7) is 2.98. The van der Waals surface area contributed by atoms with Gasteiger partial charge in [0.15, 0.2) is 5.78 Å². The quantitative estimate of drug-likeness (QED) is 0.818. The molecule has 1 heterocycles. The lowest BCUT2D eigenvalue weighted by molar-refractivity contribution is 0.0135. The molecule has 1 aliphatic rings. The van der Waals surface area contributed by atoms with Crippen molar-refractivity contribution in [3.63, 3.8) is 0 Å². The maximum atomic E-state index is 12.8. The van der Waals surface area contributed by atoms with Crippen molar-refractivity contribution in [2.45, 2.75) is 38.2 Å². The van der Waals surface area contributed by atoms with E-state index in [-0.39, 0.29) is 17.4 Å². The topological polar surface area (TPSA) is 53.4 Å². The highest BCUT2D eigenvalue weighted by atomic mass is 19.1. The summed E-state index contributed by atoms with van der Waals surface area (Å²) in [6, 6.07) is 2.66. The zero-order valence-electron chi connectivity index (χ0n) is 12.7. The predicted molar refractivity (Wildman–Crippen MR) is 78.6 cm³/mol. The summed E-state index contributed by atoms with van der Waals surface area (Å²) in [4.78, 5) is 18.1. The smallest absolute Gasteiger partial charge is 0.185 e. The van der Waals surface area contributed by atoms with Crippen LogP contribution in [-0.4, -0.2) is 46.5 Å². The highest BCUT2D eigenvalue weighted by Gasteiger charge is 2.32. The Morgan fingerprint density at radius 2 is 2.14 bits per heavy atom. The third kappa shape index (κ3) is 4.32. The van der Waals surface area contributed by atoms with Crippen LogP contribution in [0.1, 0.15) is 43.1 Å². The Bertz CT molecular complexity index is 484. The van der Waals surface area contributed by atoms with Crippen LogP contribution in [0.15, 0.2) is 18.3 Å². The molecule has 1 N–H and O–H groups in total. The highest BCUT2D eigenvalue weighted by Crippen LogP contribution is 2.30. The van der Waals surface area contributed by atoms with Gasteiger partial charge in [-0.2, -0.15) is 0 Å². The Balaban J connectivity index is 1.89. The van der Waals surface area contributed by atoms with E-state index in [1.165, 1.54) is 12.1 Å². The zero-order valence-corrected chi connectivity index (χ0v) is 12.7. The number of carbonyl (C=O) groups excluding carboxylic acids is 1. The summed E-state index contributed by atoms with van der Waals surface area (Å²) in [5, 5.41) is 10.4. The molecule has 0 radical (unpaired) electrons. The fourth-order valence-electron chi connectivity index (χ4n) is 3.08. The van der Waals surface area contributed by atoms with Crippen molar-refractivity contribution in [2.75, 3.05) is 20.1 Å². The van der Waals surface area contributed by atoms with Crippen LogP contribution in [0.2, 0.25) is 0 Å². The summed E-state index contributed by atoms with van der Waals surface area (Å²) in [5.41, 5.74) is -0.317. The van der Waals surface area contributed by atoms with Crippen molar-refractivity contribution in [3.05, 3.63) is 29.8 Å². The molecule has 1 fully saturated rings. The molecular weight excluding hydrogens is 271 g/mol. The van der Waals surface area contributed by atoms with Gasteiger partial charge in [0.05, 0.1) is 11.8 Å². The first kappa shape index (κ1) is 16.0. The molecule has 1 saturated carbocycles. The van der Waals surface area contributed by atoms with Gasteiger partial charge in [0.1, 0.15) is 11.5 Å². The minimum absolute atomic E-state index is 0.0970. The van der Waals surface area contributed by atoms with E-state index in [4.69, 9.17) is 0 Å². The predicted octanol–water partition coefficient (Wildman–Crippen LogP) is 2.28. The van der Waals surface area contributed by atoms with Crippen LogP contribution in [0.5, 0.6) is 0 Å². The molecule has 1 unspecified atom stereocenters. The van der Waals surface area contributed by atoms with Gasteiger partial charge in [-0.25, -0.2) is 4.39 Å². The van der Waals surface area contributed by atoms with Crippen LogP contribution in [0.4, 0.5) is 4.39 Å². The number of nitrogens with zero attached hydrogens (tertiary/aromatic N) is 2. The number of pyridine rings is 1. The van der Waals surface area contributed by atoms with Gasteiger partial charge in [-0.15, -0.1) is 0 Å². The maximum absolute atomic E-state index is 12.8. The SMILES string of the molecule is CC(CN(C)CC1(O)CCCC1)C(=O)c1ccc(F)cn1. The van der Waals surface area contributed by atoms with E-state index < -0.39 is 11.4 Å². The third-order valence-corrected chi connectivity index (χ3v) is 4.11. The van der Waals surface area contributed by atoms with Crippen LogP contribution in [-0.2, 0) is 0 Å². The molecule has 0 saturated heterocycles. The first-order valence-electron chi connectivity index (χ1n) is 7.46. The maximum Gasteiger partial charge on any atom is 0.185 e. The Kier molecular flexibility index (Phi) is 5.06. The fraction of sp³-hybridized carbons (Fsp3) is 0.625. The average molecular weight is 294 g/mol. The first-order chi connectivity index (χ1) is 9.89. The Morgan fingerprint density at radius 3 is 2.71 bits per heavy atom. The second-order valence-electron chi connectivity index (χ2n) is 6.26. The third-order valence-electron chi connectivity index (χ3n) is 4.11. The molecule has 1 aliphatic carbocycles. The summed E-state index contributed by atoms with van der Waals surface area (Å²) in [7, 11) is 1.91. The van der Waals surface area contributed by atoms with Crippen LogP contribution in [0, 0.1) is 11.7 Å². The zero-order chi connectivity index (χ0) is 15.5. The lowest BCUT2D eigenvalue weighted by Crippen LogP contribution is -2.41. The van der Waals surface area contributed by atoms with E-state index in [1.807, 2.05) is 18.9 Å². The minimum atomic E-state index is -0.606. The van der Waals surface area contributed by atoms with E-state index in [0.717, 1.165) is 31.9 Å². The molecule has 116 valence electrons. The van der Waals surface area contributed by atoms with Gasteiger partial charge in [0.2, 0.25) is 0 Å². The van der Waals surface area contributed by atoms with Crippen LogP contribution < -0.4 is 0 Å². The number of aliphatic hydroxyl groups is 1. The van der Waals surface area contributed by atoms with E-state index in [9.17, 15) is 14.3 Å². The molecule has 4 nitrogen and oxygen atoms in total. The molecule has 0 amide bonds. The van der Waals surface area contributed by atoms with Gasteiger partial charge in [-0.05, 0) is 32.0 Å². The molecule has 21 heavy (non-hydrogen) atoms. The summed E-state index contributed by atoms with van der Waals surface area (Å²) < 4.78 is 12.8. The largest absolute Gasteiger partial charge is 0.389 e. The van der Waals surface area contributed by atoms with Crippen molar-refractivity contribution in [2.24, 2.45) is 5.92 Å². The van der Waals surface area contributed by atoms with Gasteiger partial charge in [0, 0.05) is 19.0 Å². The summed E-state index contributed by atoms with van der Waals surface area (Å²) >= 11 is 0. The number of hydrogen-bond donors (Lipinski definition) is 1. The van der Waals surface area contributed by atoms with Crippen molar-refractivity contribution < 1.29 is 14.3 Å². The van der Waals surface area contributed by atoms with Crippen LogP contribution in [0.3, 0.4) is 0 Å². The molecule has 2 rings (SSSR count). The van der Waals surface area contributed by atoms with Gasteiger partial charge in [-0.1, -0.05) is 19.8 Å². The van der Waals surface area contributed by atoms with E-state index in [2.05, 4.69) is 4.98 Å². The van der Waals surface area contributed by atoms with Crippen molar-refractivity contribution in [1.82, 2.24) is 9.88 Å². The lowest BCUT2D eigenvalue weighted by atomic mass is 9.99. The molecule has 1 aromatic heterocycles. The van der Waals surface area contributed by atoms with E-state index in [0.29, 0.717) is 13.1 Å². The van der Waals surface area contributed by atoms with Crippen molar-refractivity contribution in [3.8, 4) is 0 Å². The Hall–Kier alpha value is -1.33. The van der Waals surface area contributed by atoms with E-state index in [1.54, 1.807) is 0 Å². The molecule has 1 atom stereocenters. The second kappa shape index (κ2) is 6.62. The number of likely N-dealkylation sites (N-methyl/N-ethyl adjacent to an activating group) is 1. The summed E-state index contributed by atoms with van der Waals surface area (Å²) in [6.07, 6.45) is 4.86. The summed E-state index contributed by atoms with van der Waals surface area (Å²) in [5.74, 6) is -0.780. The number of halogens is 1. The molecule has 0 aromatic carbocycles. The Labute approximate surface area is 125 Å². The Morgan fingerprint density at radius 1 is 1.48 bits per heavy atom. The van der Waals surface area contributed by atoms with Crippen molar-refractivity contribution in [1.29, 1.82) is 0 Å². The second-order valence-corrected chi connectivity index (χ2v) is 6.26. The minimum Gasteiger partial charge on any atom is -0.389 e. The molecular formula is C16H23FN2O2. The monoisotopic (exact) mass is 294 g/mol. The van der Waals surface area contributed by atoms with E-state index >= 15 is 0 Å². The number of aromatic nitrogens is 1. The van der Waals surface area contributed by atoms with Gasteiger partial charge >= 0.3 is 0 Å². The number of Topliss-reactive ketones (excluding diaryl/α,β-unsaturated/α-hetero) is 1. The van der Waals surface area contributed by atoms with Crippen molar-refractivity contribution >= 4 is 5.78 Å². The molecule has 1 aromatic rings. The van der Waals surface area contributed by atoms with Crippen LogP contribution in [0.25, 0.3) is 0 Å². The molecule has 5 heteroatoms. The molecule has 0 aliphatic heterocycles. The first-order valence-corrected chi connectivity index (χ1v) is 7.46. The standard InChI is InChI=1S/C16H23FN2O2/c1-12(15(20)14-6-5-13(17)9-18-14)10-19(2)11-16(21)7-3-4-8-16/h5-6,9,12,21H,3-4,7-8,10-11H2,1-2H3. The van der Waals surface area contributed by atoms with Crippen LogP contribution >= 0.6 is 0 Å². The van der Waals surface area contributed by atoms with Gasteiger partial charge < -0.3 is 10.0 Å². The normalized spacial score (nSPS) is 18.9.